The number of rotatable bonds is 37. The minimum atomic E-state index is -0.585. The molecule has 0 aromatic heterocycles. The first kappa shape index (κ1) is 44.6. The Hall–Kier alpha value is -1.40. The van der Waals surface area contributed by atoms with Crippen LogP contribution in [0.4, 0.5) is 0 Å². The fourth-order valence-electron chi connectivity index (χ4n) is 6.19. The van der Waals surface area contributed by atoms with Crippen LogP contribution >= 0.6 is 0 Å². The molecule has 272 valence electrons. The van der Waals surface area contributed by atoms with E-state index in [1.54, 1.807) is 4.90 Å². The molecule has 0 aromatic carbocycles. The van der Waals surface area contributed by atoms with Gasteiger partial charge in [-0.2, -0.15) is 0 Å². The van der Waals surface area contributed by atoms with E-state index < -0.39 is 11.9 Å². The summed E-state index contributed by atoms with van der Waals surface area (Å²) in [5.41, 5.74) is 11.7. The lowest BCUT2D eigenvalue weighted by Gasteiger charge is -2.24. The second kappa shape index (κ2) is 36.4. The minimum Gasteiger partial charge on any atom is -0.368 e. The van der Waals surface area contributed by atoms with Gasteiger partial charge in [-0.15, -0.1) is 0 Å². The number of carbonyl (C=O) groups excluding carboxylic acids is 2. The van der Waals surface area contributed by atoms with Crippen LogP contribution in [0.1, 0.15) is 200 Å². The molecule has 0 rings (SSSR count). The number of nitrogens with two attached hydrogens (primary N) is 2. The molecule has 0 spiro atoms. The number of nitrogens with zero attached hydrogens (tertiary/aromatic N) is 1. The van der Waals surface area contributed by atoms with Gasteiger partial charge in [0.15, 0.2) is 0 Å². The highest BCUT2D eigenvalue weighted by Crippen LogP contribution is 2.14. The molecule has 6 nitrogen and oxygen atoms in total. The Morgan fingerprint density at radius 2 is 0.957 bits per heavy atom. The van der Waals surface area contributed by atoms with Crippen molar-refractivity contribution in [2.75, 3.05) is 26.2 Å². The highest BCUT2D eigenvalue weighted by atomic mass is 16.2. The molecular weight excluding hydrogens is 568 g/mol. The Kier molecular flexibility index (Phi) is 35.3. The van der Waals surface area contributed by atoms with Crippen molar-refractivity contribution in [3.05, 3.63) is 12.2 Å². The smallest absolute Gasteiger partial charge is 0.240 e. The van der Waals surface area contributed by atoms with Crippen molar-refractivity contribution in [3.8, 4) is 0 Å². The zero-order valence-corrected chi connectivity index (χ0v) is 31.0. The molecule has 46 heavy (non-hydrogen) atoms. The van der Waals surface area contributed by atoms with Gasteiger partial charge in [-0.1, -0.05) is 167 Å². The van der Waals surface area contributed by atoms with Crippen molar-refractivity contribution in [1.82, 2.24) is 10.2 Å². The van der Waals surface area contributed by atoms with E-state index in [2.05, 4.69) is 31.3 Å². The van der Waals surface area contributed by atoms with Crippen molar-refractivity contribution >= 4 is 11.8 Å². The van der Waals surface area contributed by atoms with Crippen LogP contribution in [0.3, 0.4) is 0 Å². The maximum absolute atomic E-state index is 12.9. The lowest BCUT2D eigenvalue weighted by Crippen LogP contribution is -2.48. The van der Waals surface area contributed by atoms with Crippen molar-refractivity contribution in [3.63, 3.8) is 0 Å². The van der Waals surface area contributed by atoms with E-state index in [9.17, 15) is 9.59 Å². The summed E-state index contributed by atoms with van der Waals surface area (Å²) in [4.78, 5) is 26.1. The van der Waals surface area contributed by atoms with E-state index in [-0.39, 0.29) is 12.5 Å². The molecule has 0 saturated heterocycles. The molecule has 1 atom stereocenters. The number of carbonyl (C=O) groups is 2. The minimum absolute atomic E-state index is 0.0338. The fourth-order valence-corrected chi connectivity index (χ4v) is 6.19. The average Bonchev–Trinajstić information content (AvgIpc) is 3.04. The summed E-state index contributed by atoms with van der Waals surface area (Å²) in [7, 11) is 0. The SMILES string of the molecule is CCCCCCCC/C=C\CCCCCCCCNCC[C@@H](N)C(=O)N(CCCCCCCCCCCCCCCC)CC(N)=O. The third-order valence-electron chi connectivity index (χ3n) is 9.25. The van der Waals surface area contributed by atoms with Crippen molar-refractivity contribution in [1.29, 1.82) is 0 Å². The predicted octanol–water partition coefficient (Wildman–Crippen LogP) is 10.1. The van der Waals surface area contributed by atoms with Gasteiger partial charge in [0, 0.05) is 6.54 Å². The van der Waals surface area contributed by atoms with Crippen LogP contribution in [0.2, 0.25) is 0 Å². The molecule has 0 fully saturated rings. The van der Waals surface area contributed by atoms with Gasteiger partial charge in [0.1, 0.15) is 0 Å². The Morgan fingerprint density at radius 1 is 0.565 bits per heavy atom. The normalized spacial score (nSPS) is 12.2. The average molecular weight is 649 g/mol. The van der Waals surface area contributed by atoms with Gasteiger partial charge in [0.05, 0.1) is 12.6 Å². The molecule has 0 aliphatic heterocycles. The fraction of sp³-hybridized carbons (Fsp3) is 0.900. The van der Waals surface area contributed by atoms with Crippen molar-refractivity contribution < 1.29 is 9.59 Å². The number of allylic oxidation sites excluding steroid dienone is 2. The number of hydrogen-bond donors (Lipinski definition) is 3. The molecule has 0 radical (unpaired) electrons. The topological polar surface area (TPSA) is 101 Å². The van der Waals surface area contributed by atoms with E-state index in [4.69, 9.17) is 11.5 Å². The van der Waals surface area contributed by atoms with Gasteiger partial charge >= 0.3 is 0 Å². The monoisotopic (exact) mass is 649 g/mol. The zero-order chi connectivity index (χ0) is 33.8. The first-order valence-electron chi connectivity index (χ1n) is 20.2. The van der Waals surface area contributed by atoms with Gasteiger partial charge in [-0.05, 0) is 58.0 Å². The number of primary amides is 1. The summed E-state index contributed by atoms with van der Waals surface area (Å²) in [5, 5.41) is 3.45. The van der Waals surface area contributed by atoms with Gasteiger partial charge in [-0.25, -0.2) is 0 Å². The first-order valence-corrected chi connectivity index (χ1v) is 20.2. The lowest BCUT2D eigenvalue weighted by atomic mass is 10.0. The van der Waals surface area contributed by atoms with Crippen molar-refractivity contribution in [2.45, 2.75) is 206 Å². The summed E-state index contributed by atoms with van der Waals surface area (Å²) in [6.45, 7) is 6.77. The summed E-state index contributed by atoms with van der Waals surface area (Å²) < 4.78 is 0. The summed E-state index contributed by atoms with van der Waals surface area (Å²) in [5.74, 6) is -0.614. The second-order valence-corrected chi connectivity index (χ2v) is 13.9. The van der Waals surface area contributed by atoms with E-state index in [1.165, 1.54) is 161 Å². The maximum atomic E-state index is 12.9. The number of hydrogen-bond acceptors (Lipinski definition) is 4. The largest absolute Gasteiger partial charge is 0.368 e. The molecular formula is C40H80N4O2. The first-order chi connectivity index (χ1) is 22.5. The Bertz CT molecular complexity index is 684. The van der Waals surface area contributed by atoms with Crippen LogP contribution in [0.5, 0.6) is 0 Å². The molecule has 5 N–H and O–H groups in total. The van der Waals surface area contributed by atoms with Gasteiger partial charge in [0.25, 0.3) is 0 Å². The Balaban J connectivity index is 3.73. The predicted molar refractivity (Wildman–Crippen MR) is 201 cm³/mol. The van der Waals surface area contributed by atoms with Gasteiger partial charge < -0.3 is 21.7 Å². The van der Waals surface area contributed by atoms with Crippen LogP contribution in [-0.4, -0.2) is 48.9 Å². The van der Waals surface area contributed by atoms with E-state index in [0.717, 1.165) is 32.4 Å². The number of unbranched alkanes of at least 4 members (excludes halogenated alkanes) is 25. The molecule has 0 aliphatic carbocycles. The highest BCUT2D eigenvalue weighted by Gasteiger charge is 2.21. The summed E-state index contributed by atoms with van der Waals surface area (Å²) in [6.07, 6.45) is 41.9. The van der Waals surface area contributed by atoms with Crippen LogP contribution in [0.25, 0.3) is 0 Å². The molecule has 0 aliphatic rings. The Labute approximate surface area is 287 Å². The van der Waals surface area contributed by atoms with E-state index in [0.29, 0.717) is 13.0 Å². The van der Waals surface area contributed by atoms with E-state index in [1.807, 2.05) is 0 Å². The quantitative estimate of drug-likeness (QED) is 0.0461. The molecule has 0 heterocycles. The van der Waals surface area contributed by atoms with Gasteiger partial charge in [-0.3, -0.25) is 9.59 Å². The maximum Gasteiger partial charge on any atom is 0.240 e. The molecule has 0 bridgehead atoms. The summed E-state index contributed by atoms with van der Waals surface area (Å²) >= 11 is 0. The third-order valence-corrected chi connectivity index (χ3v) is 9.25. The number of amides is 2. The Morgan fingerprint density at radius 3 is 1.39 bits per heavy atom. The highest BCUT2D eigenvalue weighted by molar-refractivity contribution is 5.86. The standard InChI is InChI=1S/C40H80N4O2/c1-3-5-7-9-11-13-15-17-19-20-21-23-25-27-29-31-34-43-35-33-38(41)40(46)44(37-39(42)45)36-32-30-28-26-24-22-18-16-14-12-10-8-6-4-2/h17,19,38,43H,3-16,18,20-37,41H2,1-2H3,(H2,42,45)/b19-17-/t38-/m1/s1. The van der Waals surface area contributed by atoms with Crippen LogP contribution in [-0.2, 0) is 9.59 Å². The van der Waals surface area contributed by atoms with Crippen LogP contribution in [0.15, 0.2) is 12.2 Å². The molecule has 2 amide bonds. The summed E-state index contributed by atoms with van der Waals surface area (Å²) in [6, 6.07) is -0.585. The lowest BCUT2D eigenvalue weighted by molar-refractivity contribution is -0.136. The zero-order valence-electron chi connectivity index (χ0n) is 31.0. The third kappa shape index (κ3) is 32.5. The molecule has 0 aromatic rings. The molecule has 0 unspecified atom stereocenters. The molecule has 0 saturated carbocycles. The van der Waals surface area contributed by atoms with Gasteiger partial charge in [0.2, 0.25) is 11.8 Å². The number of nitrogens with one attached hydrogen (secondary N) is 1. The second-order valence-electron chi connectivity index (χ2n) is 13.9. The molecule has 6 heteroatoms. The van der Waals surface area contributed by atoms with Crippen LogP contribution < -0.4 is 16.8 Å². The van der Waals surface area contributed by atoms with Crippen molar-refractivity contribution in [2.24, 2.45) is 11.5 Å². The van der Waals surface area contributed by atoms with Crippen LogP contribution in [0, 0.1) is 0 Å². The van der Waals surface area contributed by atoms with E-state index >= 15 is 0 Å².